The van der Waals surface area contributed by atoms with Gasteiger partial charge in [-0.05, 0) is 19.5 Å². The molecule has 0 radical (unpaired) electrons. The summed E-state index contributed by atoms with van der Waals surface area (Å²) in [6.45, 7) is 4.76. The third-order valence-electron chi connectivity index (χ3n) is 2.23. The Labute approximate surface area is 86.5 Å². The molecule has 84 valence electrons. The van der Waals surface area contributed by atoms with Crippen LogP contribution in [0.5, 0.6) is 0 Å². The maximum Gasteiger partial charge on any atom is 0.222 e. The molecule has 0 spiro atoms. The lowest BCUT2D eigenvalue weighted by atomic mass is 10.2. The topological polar surface area (TPSA) is 43.8 Å². The van der Waals surface area contributed by atoms with E-state index in [2.05, 4.69) is 11.8 Å². The summed E-state index contributed by atoms with van der Waals surface area (Å²) >= 11 is 0. The summed E-state index contributed by atoms with van der Waals surface area (Å²) in [5.74, 6) is 0.171. The third kappa shape index (κ3) is 5.94. The number of nitrogens with zero attached hydrogens (tertiary/aromatic N) is 2. The summed E-state index contributed by atoms with van der Waals surface area (Å²) in [5.41, 5.74) is 0. The second kappa shape index (κ2) is 7.76. The molecule has 0 heterocycles. The Kier molecular flexibility index (Phi) is 7.42. The molecule has 0 aromatic carbocycles. The van der Waals surface area contributed by atoms with E-state index in [9.17, 15) is 4.79 Å². The second-order valence-corrected chi connectivity index (χ2v) is 3.55. The minimum Gasteiger partial charge on any atom is -0.395 e. The highest BCUT2D eigenvalue weighted by atomic mass is 16.3. The number of hydrogen-bond donors (Lipinski definition) is 1. The van der Waals surface area contributed by atoms with Crippen LogP contribution in [0.4, 0.5) is 0 Å². The Morgan fingerprint density at radius 1 is 1.29 bits per heavy atom. The van der Waals surface area contributed by atoms with Gasteiger partial charge in [0.05, 0.1) is 6.61 Å². The highest BCUT2D eigenvalue weighted by Gasteiger charge is 2.05. The molecule has 4 nitrogen and oxygen atoms in total. The van der Waals surface area contributed by atoms with Gasteiger partial charge in [-0.3, -0.25) is 4.79 Å². The molecule has 0 fully saturated rings. The van der Waals surface area contributed by atoms with Gasteiger partial charge >= 0.3 is 0 Å². The molecule has 0 unspecified atom stereocenters. The van der Waals surface area contributed by atoms with E-state index in [0.29, 0.717) is 13.0 Å². The normalized spacial score (nSPS) is 10.6. The van der Waals surface area contributed by atoms with E-state index in [1.54, 1.807) is 19.0 Å². The van der Waals surface area contributed by atoms with Crippen LogP contribution in [0.25, 0.3) is 0 Å². The summed E-state index contributed by atoms with van der Waals surface area (Å²) in [6, 6.07) is 0. The van der Waals surface area contributed by atoms with Crippen molar-refractivity contribution in [1.29, 1.82) is 0 Å². The van der Waals surface area contributed by atoms with Crippen molar-refractivity contribution >= 4 is 5.91 Å². The van der Waals surface area contributed by atoms with Gasteiger partial charge in [0.15, 0.2) is 0 Å². The first-order chi connectivity index (χ1) is 6.61. The molecule has 0 aromatic rings. The average molecular weight is 202 g/mol. The summed E-state index contributed by atoms with van der Waals surface area (Å²) in [6.07, 6.45) is 1.46. The van der Waals surface area contributed by atoms with Crippen molar-refractivity contribution < 1.29 is 9.90 Å². The summed E-state index contributed by atoms with van der Waals surface area (Å²) < 4.78 is 0. The number of rotatable bonds is 7. The zero-order valence-corrected chi connectivity index (χ0v) is 9.49. The summed E-state index contributed by atoms with van der Waals surface area (Å²) in [4.78, 5) is 15.0. The van der Waals surface area contributed by atoms with Crippen LogP contribution in [0.1, 0.15) is 19.8 Å². The lowest BCUT2D eigenvalue weighted by Crippen LogP contribution is -2.29. The fourth-order valence-corrected chi connectivity index (χ4v) is 1.25. The molecule has 0 aliphatic carbocycles. The maximum atomic E-state index is 11.2. The monoisotopic (exact) mass is 202 g/mol. The van der Waals surface area contributed by atoms with Gasteiger partial charge < -0.3 is 14.9 Å². The van der Waals surface area contributed by atoms with Crippen LogP contribution >= 0.6 is 0 Å². The first-order valence-corrected chi connectivity index (χ1v) is 5.15. The Hall–Kier alpha value is -0.610. The first kappa shape index (κ1) is 13.4. The summed E-state index contributed by atoms with van der Waals surface area (Å²) in [5, 5.41) is 8.75. The van der Waals surface area contributed by atoms with E-state index in [1.165, 1.54) is 0 Å². The van der Waals surface area contributed by atoms with Crippen LogP contribution < -0.4 is 0 Å². The molecule has 0 rings (SSSR count). The highest BCUT2D eigenvalue weighted by Crippen LogP contribution is 1.97. The van der Waals surface area contributed by atoms with Gasteiger partial charge in [0.25, 0.3) is 0 Å². The van der Waals surface area contributed by atoms with Gasteiger partial charge in [-0.25, -0.2) is 0 Å². The molecular formula is C10H22N2O2. The predicted octanol–water partition coefficient (Wildman–Crippen LogP) is 0.169. The fourth-order valence-electron chi connectivity index (χ4n) is 1.25. The molecule has 0 atom stereocenters. The highest BCUT2D eigenvalue weighted by molar-refractivity contribution is 5.75. The molecule has 0 aliphatic heterocycles. The van der Waals surface area contributed by atoms with Crippen LogP contribution in [0, 0.1) is 0 Å². The number of amides is 1. The molecule has 14 heavy (non-hydrogen) atoms. The van der Waals surface area contributed by atoms with Gasteiger partial charge in [0.2, 0.25) is 5.91 Å². The van der Waals surface area contributed by atoms with Gasteiger partial charge in [0, 0.05) is 27.1 Å². The number of carbonyl (C=O) groups excluding carboxylic acids is 1. The predicted molar refractivity (Wildman–Crippen MR) is 57.1 cm³/mol. The Balaban J connectivity index is 3.55. The SMILES string of the molecule is CCN(CCO)CCCC(=O)N(C)C. The van der Waals surface area contributed by atoms with Crippen LogP contribution in [0.3, 0.4) is 0 Å². The maximum absolute atomic E-state index is 11.2. The average Bonchev–Trinajstić information content (AvgIpc) is 2.16. The van der Waals surface area contributed by atoms with E-state index in [1.807, 2.05) is 0 Å². The van der Waals surface area contributed by atoms with Crippen LogP contribution in [-0.2, 0) is 4.79 Å². The number of aliphatic hydroxyl groups excluding tert-OH is 1. The number of likely N-dealkylation sites (N-methyl/N-ethyl adjacent to an activating group) is 1. The Bertz CT molecular complexity index is 160. The van der Waals surface area contributed by atoms with Gasteiger partial charge in [-0.2, -0.15) is 0 Å². The number of hydrogen-bond acceptors (Lipinski definition) is 3. The van der Waals surface area contributed by atoms with E-state index in [4.69, 9.17) is 5.11 Å². The van der Waals surface area contributed by atoms with Crippen LogP contribution in [0.2, 0.25) is 0 Å². The van der Waals surface area contributed by atoms with Crippen molar-refractivity contribution in [3.05, 3.63) is 0 Å². The van der Waals surface area contributed by atoms with Crippen molar-refractivity contribution in [2.45, 2.75) is 19.8 Å². The zero-order chi connectivity index (χ0) is 11.0. The van der Waals surface area contributed by atoms with Crippen molar-refractivity contribution in [3.63, 3.8) is 0 Å². The molecule has 1 amide bonds. The van der Waals surface area contributed by atoms with Crippen molar-refractivity contribution in [2.75, 3.05) is 40.3 Å². The largest absolute Gasteiger partial charge is 0.395 e. The smallest absolute Gasteiger partial charge is 0.222 e. The molecule has 0 saturated carbocycles. The van der Waals surface area contributed by atoms with E-state index in [0.717, 1.165) is 19.5 Å². The van der Waals surface area contributed by atoms with E-state index < -0.39 is 0 Å². The minimum absolute atomic E-state index is 0.171. The van der Waals surface area contributed by atoms with Gasteiger partial charge in [-0.1, -0.05) is 6.92 Å². The fraction of sp³-hybridized carbons (Fsp3) is 0.900. The van der Waals surface area contributed by atoms with E-state index in [-0.39, 0.29) is 12.5 Å². The first-order valence-electron chi connectivity index (χ1n) is 5.15. The standard InChI is InChI=1S/C10H22N2O2/c1-4-12(8-9-13)7-5-6-10(14)11(2)3/h13H,4-9H2,1-3H3. The number of carbonyl (C=O) groups is 1. The molecule has 4 heteroatoms. The van der Waals surface area contributed by atoms with Crippen molar-refractivity contribution in [3.8, 4) is 0 Å². The molecule has 0 aromatic heterocycles. The zero-order valence-electron chi connectivity index (χ0n) is 9.49. The third-order valence-corrected chi connectivity index (χ3v) is 2.23. The molecule has 0 saturated heterocycles. The second-order valence-electron chi connectivity index (χ2n) is 3.55. The van der Waals surface area contributed by atoms with Crippen molar-refractivity contribution in [1.82, 2.24) is 9.80 Å². The molecule has 0 aliphatic rings. The molecule has 1 N–H and O–H groups in total. The lowest BCUT2D eigenvalue weighted by Gasteiger charge is -2.19. The number of aliphatic hydroxyl groups is 1. The van der Waals surface area contributed by atoms with Crippen LogP contribution in [-0.4, -0.2) is 61.2 Å². The molecular weight excluding hydrogens is 180 g/mol. The van der Waals surface area contributed by atoms with Crippen LogP contribution in [0.15, 0.2) is 0 Å². The summed E-state index contributed by atoms with van der Waals surface area (Å²) in [7, 11) is 3.54. The van der Waals surface area contributed by atoms with Crippen molar-refractivity contribution in [2.24, 2.45) is 0 Å². The lowest BCUT2D eigenvalue weighted by molar-refractivity contribution is -0.128. The van der Waals surface area contributed by atoms with Gasteiger partial charge in [-0.15, -0.1) is 0 Å². The Morgan fingerprint density at radius 3 is 2.36 bits per heavy atom. The Morgan fingerprint density at radius 2 is 1.93 bits per heavy atom. The quantitative estimate of drug-likeness (QED) is 0.640. The van der Waals surface area contributed by atoms with Gasteiger partial charge in [0.1, 0.15) is 0 Å². The van der Waals surface area contributed by atoms with E-state index >= 15 is 0 Å². The minimum atomic E-state index is 0.171. The molecule has 0 bridgehead atoms.